The van der Waals surface area contributed by atoms with Gasteiger partial charge in [0.2, 0.25) is 12.2 Å². The molecule has 5 unspecified atom stereocenters. The fourth-order valence-electron chi connectivity index (χ4n) is 2.44. The Labute approximate surface area is 169 Å². The highest BCUT2D eigenvalue weighted by molar-refractivity contribution is 7.66. The number of amides is 2. The summed E-state index contributed by atoms with van der Waals surface area (Å²) in [6, 6.07) is 0. The van der Waals surface area contributed by atoms with E-state index in [2.05, 4.69) is 13.1 Å². The van der Waals surface area contributed by atoms with Gasteiger partial charge in [0.25, 0.3) is 5.91 Å². The van der Waals surface area contributed by atoms with E-state index in [1.54, 1.807) is 12.2 Å². The number of halogens is 1. The van der Waals surface area contributed by atoms with E-state index < -0.39 is 54.1 Å². The van der Waals surface area contributed by atoms with Gasteiger partial charge >= 0.3 is 23.5 Å². The third-order valence-electron chi connectivity index (χ3n) is 3.42. The molecule has 0 aromatic rings. The lowest BCUT2D eigenvalue weighted by atomic mass is 10.1. The molecule has 1 saturated heterocycles. The summed E-state index contributed by atoms with van der Waals surface area (Å²) in [5, 5.41) is 1.61. The van der Waals surface area contributed by atoms with Crippen molar-refractivity contribution in [1.29, 1.82) is 0 Å². The van der Waals surface area contributed by atoms with Gasteiger partial charge < -0.3 is 29.2 Å². The van der Waals surface area contributed by atoms with Crippen molar-refractivity contribution in [3.63, 3.8) is 0 Å². The topological polar surface area (TPSA) is 218 Å². The first-order chi connectivity index (χ1) is 13.6. The van der Waals surface area contributed by atoms with Gasteiger partial charge in [-0.2, -0.15) is 13.0 Å². The Bertz CT molecular complexity index is 816. The van der Waals surface area contributed by atoms with Crippen molar-refractivity contribution in [2.24, 2.45) is 5.92 Å². The number of hydrogen-bond acceptors (Lipinski definition) is 10. The first-order valence-electron chi connectivity index (χ1n) is 7.83. The standard InChI is InChI=1S/C11H20FN2O13P3/c1-7-3-8(25-11(7)14(2)4-9(12)10(16)13-6-15)5-24-29(20,21)27-30(22,23)26-28(17,18)19/h4,6-8,11H,3,5H2,1-2H3,(H,20,21)(H,22,23)(H,13,15,16)(H2,17,18,19)/b9-4+. The van der Waals surface area contributed by atoms with E-state index in [9.17, 15) is 32.6 Å². The summed E-state index contributed by atoms with van der Waals surface area (Å²) in [4.78, 5) is 57.9. The largest absolute Gasteiger partial charge is 0.490 e. The van der Waals surface area contributed by atoms with Crippen LogP contribution in [0.2, 0.25) is 0 Å². The highest BCUT2D eigenvalue weighted by atomic mass is 31.3. The molecule has 30 heavy (non-hydrogen) atoms. The smallest absolute Gasteiger partial charge is 0.352 e. The molecule has 0 saturated carbocycles. The van der Waals surface area contributed by atoms with Crippen LogP contribution in [-0.4, -0.2) is 62.8 Å². The number of nitrogens with one attached hydrogen (secondary N) is 1. The van der Waals surface area contributed by atoms with Crippen LogP contribution in [0.15, 0.2) is 12.0 Å². The van der Waals surface area contributed by atoms with Crippen molar-refractivity contribution in [1.82, 2.24) is 10.2 Å². The number of phosphoric acid groups is 3. The van der Waals surface area contributed by atoms with Crippen LogP contribution in [0.4, 0.5) is 4.39 Å². The lowest BCUT2D eigenvalue weighted by Gasteiger charge is -2.26. The van der Waals surface area contributed by atoms with Gasteiger partial charge in [-0.3, -0.25) is 19.4 Å². The Morgan fingerprint density at radius 2 is 1.83 bits per heavy atom. The maximum absolute atomic E-state index is 13.7. The predicted octanol–water partition coefficient (Wildman–Crippen LogP) is 0.0961. The summed E-state index contributed by atoms with van der Waals surface area (Å²) >= 11 is 0. The molecule has 19 heteroatoms. The third-order valence-corrected chi connectivity index (χ3v) is 7.22. The summed E-state index contributed by atoms with van der Waals surface area (Å²) in [7, 11) is -15.1. The summed E-state index contributed by atoms with van der Waals surface area (Å²) in [6.45, 7) is 1.01. The molecule has 1 aliphatic rings. The Balaban J connectivity index is 2.66. The van der Waals surface area contributed by atoms with Crippen LogP contribution < -0.4 is 5.32 Å². The monoisotopic (exact) mass is 500 g/mol. The van der Waals surface area contributed by atoms with E-state index in [-0.39, 0.29) is 18.7 Å². The van der Waals surface area contributed by atoms with Crippen molar-refractivity contribution in [2.75, 3.05) is 13.7 Å². The molecule has 1 rings (SSSR count). The molecule has 5 N–H and O–H groups in total. The third kappa shape index (κ3) is 9.41. The number of imide groups is 1. The molecule has 0 aromatic heterocycles. The zero-order chi connectivity index (χ0) is 23.3. The summed E-state index contributed by atoms with van der Waals surface area (Å²) < 4.78 is 64.3. The molecule has 15 nitrogen and oxygen atoms in total. The van der Waals surface area contributed by atoms with Crippen molar-refractivity contribution in [3.8, 4) is 0 Å². The molecule has 174 valence electrons. The molecule has 0 radical (unpaired) electrons. The first-order valence-corrected chi connectivity index (χ1v) is 12.3. The zero-order valence-electron chi connectivity index (χ0n) is 15.4. The highest BCUT2D eigenvalue weighted by Crippen LogP contribution is 2.66. The molecule has 1 heterocycles. The molecule has 0 bridgehead atoms. The van der Waals surface area contributed by atoms with Crippen molar-refractivity contribution < 1.29 is 65.1 Å². The minimum absolute atomic E-state index is 0.00324. The van der Waals surface area contributed by atoms with Crippen LogP contribution in [0.25, 0.3) is 0 Å². The Morgan fingerprint density at radius 3 is 2.37 bits per heavy atom. The average molecular weight is 500 g/mol. The zero-order valence-corrected chi connectivity index (χ0v) is 18.1. The minimum Gasteiger partial charge on any atom is -0.352 e. The van der Waals surface area contributed by atoms with Crippen LogP contribution in [0, 0.1) is 5.92 Å². The number of nitrogens with zero attached hydrogens (tertiary/aromatic N) is 1. The van der Waals surface area contributed by atoms with Crippen LogP contribution in [0.5, 0.6) is 0 Å². The van der Waals surface area contributed by atoms with Crippen molar-refractivity contribution >= 4 is 35.8 Å². The Morgan fingerprint density at radius 1 is 1.23 bits per heavy atom. The van der Waals surface area contributed by atoms with E-state index in [0.29, 0.717) is 0 Å². The lowest BCUT2D eigenvalue weighted by Crippen LogP contribution is -2.33. The van der Waals surface area contributed by atoms with Gasteiger partial charge in [0.15, 0.2) is 0 Å². The molecule has 0 aromatic carbocycles. The van der Waals surface area contributed by atoms with E-state index in [0.717, 1.165) is 6.20 Å². The fourth-order valence-corrected chi connectivity index (χ4v) is 5.49. The number of carbonyl (C=O) groups is 2. The number of carbonyl (C=O) groups excluding carboxylic acids is 2. The van der Waals surface area contributed by atoms with E-state index >= 15 is 0 Å². The second kappa shape index (κ2) is 10.5. The van der Waals surface area contributed by atoms with Crippen molar-refractivity contribution in [3.05, 3.63) is 12.0 Å². The fraction of sp³-hybridized carbons (Fsp3) is 0.636. The molecule has 1 aliphatic heterocycles. The number of rotatable bonds is 11. The molecular weight excluding hydrogens is 480 g/mol. The molecule has 2 amide bonds. The van der Waals surface area contributed by atoms with Gasteiger partial charge in [-0.1, -0.05) is 6.92 Å². The SMILES string of the molecule is CC1CC(COP(=O)(O)OP(=O)(O)OP(=O)(O)O)OC1N(C)/C=C(/F)C(=O)NC=O. The van der Waals surface area contributed by atoms with E-state index in [1.165, 1.54) is 11.9 Å². The van der Waals surface area contributed by atoms with Crippen LogP contribution in [-0.2, 0) is 41.2 Å². The van der Waals surface area contributed by atoms with Crippen molar-refractivity contribution in [2.45, 2.75) is 25.7 Å². The van der Waals surface area contributed by atoms with E-state index in [4.69, 9.17) is 19.4 Å². The Kier molecular flexibility index (Phi) is 9.48. The summed E-state index contributed by atoms with van der Waals surface area (Å²) in [5.41, 5.74) is 0. The predicted molar refractivity (Wildman–Crippen MR) is 93.4 cm³/mol. The van der Waals surface area contributed by atoms with E-state index in [1.807, 2.05) is 0 Å². The van der Waals surface area contributed by atoms with Crippen LogP contribution in [0.1, 0.15) is 13.3 Å². The molecule has 0 spiro atoms. The molecular formula is C11H20FN2O13P3. The minimum atomic E-state index is -5.63. The van der Waals surface area contributed by atoms with Gasteiger partial charge in [-0.05, 0) is 6.42 Å². The molecule has 0 aliphatic carbocycles. The lowest BCUT2D eigenvalue weighted by molar-refractivity contribution is -0.123. The second-order valence-electron chi connectivity index (χ2n) is 5.98. The van der Waals surface area contributed by atoms with Gasteiger partial charge in [-0.15, -0.1) is 0 Å². The average Bonchev–Trinajstić information content (AvgIpc) is 2.91. The highest BCUT2D eigenvalue weighted by Gasteiger charge is 2.42. The van der Waals surface area contributed by atoms with Gasteiger partial charge in [0.05, 0.1) is 12.7 Å². The maximum Gasteiger partial charge on any atom is 0.490 e. The first kappa shape index (κ1) is 27.0. The summed E-state index contributed by atoms with van der Waals surface area (Å²) in [5.74, 6) is -2.86. The van der Waals surface area contributed by atoms with Crippen LogP contribution in [0.3, 0.4) is 0 Å². The summed E-state index contributed by atoms with van der Waals surface area (Å²) in [6.07, 6.45) is -0.707. The van der Waals surface area contributed by atoms with Gasteiger partial charge in [0.1, 0.15) is 6.23 Å². The number of hydrogen-bond donors (Lipinski definition) is 5. The normalized spacial score (nSPS) is 26.5. The second-order valence-corrected chi connectivity index (χ2v) is 10.4. The number of phosphoric ester groups is 1. The van der Waals surface area contributed by atoms with Gasteiger partial charge in [-0.25, -0.2) is 13.7 Å². The van der Waals surface area contributed by atoms with Crippen LogP contribution >= 0.6 is 23.5 Å². The Hall–Kier alpha value is -1.02. The number of ether oxygens (including phenoxy) is 1. The van der Waals surface area contributed by atoms with Gasteiger partial charge in [0, 0.05) is 19.2 Å². The molecule has 1 fully saturated rings. The quantitative estimate of drug-likeness (QED) is 0.144. The molecule has 5 atom stereocenters. The maximum atomic E-state index is 13.7.